The normalized spacial score (nSPS) is 14.8. The molecule has 0 aliphatic heterocycles. The molecule has 0 bridgehead atoms. The summed E-state index contributed by atoms with van der Waals surface area (Å²) >= 11 is 1.40. The number of thiazole rings is 1. The van der Waals surface area contributed by atoms with E-state index in [0.29, 0.717) is 22.2 Å². The molecule has 1 aromatic heterocycles. The summed E-state index contributed by atoms with van der Waals surface area (Å²) in [6, 6.07) is 16.6. The van der Waals surface area contributed by atoms with E-state index in [9.17, 15) is 13.7 Å². The van der Waals surface area contributed by atoms with Crippen LogP contribution < -0.4 is 16.8 Å². The first-order valence-corrected chi connectivity index (χ1v) is 13.6. The van der Waals surface area contributed by atoms with Crippen molar-refractivity contribution < 1.29 is 8.42 Å². The van der Waals surface area contributed by atoms with Crippen molar-refractivity contribution in [3.05, 3.63) is 70.7 Å². The summed E-state index contributed by atoms with van der Waals surface area (Å²) in [5.41, 5.74) is 14.5. The second-order valence-electron chi connectivity index (χ2n) is 8.32. The molecule has 1 saturated carbocycles. The molecule has 1 aliphatic carbocycles. The van der Waals surface area contributed by atoms with Gasteiger partial charge in [0.05, 0.1) is 10.6 Å². The summed E-state index contributed by atoms with van der Waals surface area (Å²) in [4.78, 5) is 4.61. The van der Waals surface area contributed by atoms with Crippen molar-refractivity contribution in [2.24, 2.45) is 15.9 Å². The van der Waals surface area contributed by atoms with Gasteiger partial charge in [0, 0.05) is 22.8 Å². The van der Waals surface area contributed by atoms with E-state index in [4.69, 9.17) is 11.5 Å². The van der Waals surface area contributed by atoms with E-state index in [1.54, 1.807) is 18.3 Å². The molecule has 0 saturated heterocycles. The maximum Gasteiger partial charge on any atom is 0.285 e. The molecule has 0 unspecified atom stereocenters. The van der Waals surface area contributed by atoms with Crippen LogP contribution in [0.5, 0.6) is 0 Å². The molecule has 5 N–H and O–H groups in total. The Kier molecular flexibility index (Phi) is 7.48. The van der Waals surface area contributed by atoms with Crippen LogP contribution >= 0.6 is 11.3 Å². The summed E-state index contributed by atoms with van der Waals surface area (Å²) in [5, 5.41) is 15.2. The van der Waals surface area contributed by atoms with Crippen molar-refractivity contribution in [3.63, 3.8) is 0 Å². The Hall–Kier alpha value is -3.68. The van der Waals surface area contributed by atoms with Gasteiger partial charge in [0.15, 0.2) is 0 Å². The molecule has 1 aliphatic rings. The molecule has 4 rings (SSSR count). The number of hydrogen-bond donors (Lipinski definition) is 3. The zero-order valence-corrected chi connectivity index (χ0v) is 20.6. The van der Waals surface area contributed by atoms with Gasteiger partial charge in [-0.1, -0.05) is 43.5 Å². The van der Waals surface area contributed by atoms with E-state index >= 15 is 0 Å². The number of benzene rings is 2. The van der Waals surface area contributed by atoms with Crippen molar-refractivity contribution >= 4 is 38.6 Å². The molecule has 1 heterocycles. The van der Waals surface area contributed by atoms with Crippen LogP contribution in [0, 0.1) is 11.3 Å². The summed E-state index contributed by atoms with van der Waals surface area (Å²) in [6.07, 6.45) is 8.03. The number of guanidine groups is 1. The molecule has 0 atom stereocenters. The predicted molar refractivity (Wildman–Crippen MR) is 140 cm³/mol. The standard InChI is InChI=1S/C25H26N6O2S2/c26-14-20(15-29-21-10-12-22(13-11-21)35(32,33)31-25(27)28)24-30-23(16-34-24)19-8-6-18(7-9-19)17-4-2-1-3-5-17/h6-13,15-17,29H,1-5H2,(H4,27,28,31). The fraction of sp³-hybridized carbons (Fsp3) is 0.240. The van der Waals surface area contributed by atoms with Crippen LogP contribution in [0.2, 0.25) is 0 Å². The molecule has 0 amide bonds. The van der Waals surface area contributed by atoms with Crippen LogP contribution in [0.15, 0.2) is 69.4 Å². The first kappa shape index (κ1) is 24.4. The number of nitriles is 1. The van der Waals surface area contributed by atoms with E-state index in [-0.39, 0.29) is 4.90 Å². The maximum atomic E-state index is 12.0. The topological polar surface area (TPSA) is 147 Å². The van der Waals surface area contributed by atoms with Crippen LogP contribution in [0.1, 0.15) is 48.6 Å². The predicted octanol–water partition coefficient (Wildman–Crippen LogP) is 4.80. The monoisotopic (exact) mass is 506 g/mol. The SMILES string of the molecule is N#CC(=CNc1ccc(S(=O)(=O)N=C(N)N)cc1)c1nc(-c2ccc(C3CCCCC3)cc2)cs1. The number of sulfonamides is 1. The van der Waals surface area contributed by atoms with Crippen molar-refractivity contribution in [1.29, 1.82) is 5.26 Å². The number of hydrogen-bond acceptors (Lipinski definition) is 6. The Balaban J connectivity index is 1.45. The average molecular weight is 507 g/mol. The average Bonchev–Trinajstić information content (AvgIpc) is 3.35. The summed E-state index contributed by atoms with van der Waals surface area (Å²) in [7, 11) is -3.95. The maximum absolute atomic E-state index is 12.0. The van der Waals surface area contributed by atoms with Gasteiger partial charge in [-0.2, -0.15) is 13.7 Å². The Morgan fingerprint density at radius 2 is 1.77 bits per heavy atom. The van der Waals surface area contributed by atoms with Crippen LogP contribution in [0.4, 0.5) is 5.69 Å². The second kappa shape index (κ2) is 10.7. The van der Waals surface area contributed by atoms with Gasteiger partial charge in [-0.3, -0.25) is 0 Å². The van der Waals surface area contributed by atoms with E-state index in [2.05, 4.69) is 45.0 Å². The molecule has 180 valence electrons. The second-order valence-corrected chi connectivity index (χ2v) is 10.8. The van der Waals surface area contributed by atoms with Crippen molar-refractivity contribution in [3.8, 4) is 17.3 Å². The number of aromatic nitrogens is 1. The van der Waals surface area contributed by atoms with Crippen LogP contribution in [0.3, 0.4) is 0 Å². The van der Waals surface area contributed by atoms with Gasteiger partial charge < -0.3 is 16.8 Å². The minimum atomic E-state index is -3.95. The molecular weight excluding hydrogens is 480 g/mol. The number of rotatable bonds is 7. The third-order valence-electron chi connectivity index (χ3n) is 5.90. The highest BCUT2D eigenvalue weighted by Crippen LogP contribution is 2.34. The Morgan fingerprint density at radius 1 is 1.09 bits per heavy atom. The highest BCUT2D eigenvalue weighted by molar-refractivity contribution is 7.90. The van der Waals surface area contributed by atoms with Gasteiger partial charge in [0.2, 0.25) is 5.96 Å². The van der Waals surface area contributed by atoms with Crippen LogP contribution in [0.25, 0.3) is 16.8 Å². The number of nitrogens with one attached hydrogen (secondary N) is 1. The fourth-order valence-electron chi connectivity index (χ4n) is 4.10. The molecule has 10 heteroatoms. The third kappa shape index (κ3) is 6.07. The molecular formula is C25H26N6O2S2. The van der Waals surface area contributed by atoms with Crippen molar-refractivity contribution in [2.75, 3.05) is 5.32 Å². The minimum absolute atomic E-state index is 0.0417. The molecule has 1 fully saturated rings. The van der Waals surface area contributed by atoms with Crippen LogP contribution in [-0.2, 0) is 10.0 Å². The molecule has 3 aromatic rings. The van der Waals surface area contributed by atoms with E-state index in [1.165, 1.54) is 61.1 Å². The lowest BCUT2D eigenvalue weighted by Crippen LogP contribution is -2.24. The quantitative estimate of drug-likeness (QED) is 0.237. The molecule has 0 spiro atoms. The van der Waals surface area contributed by atoms with Gasteiger partial charge >= 0.3 is 0 Å². The lowest BCUT2D eigenvalue weighted by molar-refractivity contribution is 0.443. The molecule has 0 radical (unpaired) electrons. The van der Waals surface area contributed by atoms with Crippen LogP contribution in [-0.4, -0.2) is 19.4 Å². The molecule has 8 nitrogen and oxygen atoms in total. The smallest absolute Gasteiger partial charge is 0.285 e. The first-order valence-electron chi connectivity index (χ1n) is 11.2. The van der Waals surface area contributed by atoms with E-state index < -0.39 is 16.0 Å². The van der Waals surface area contributed by atoms with Crippen molar-refractivity contribution in [2.45, 2.75) is 42.9 Å². The van der Waals surface area contributed by atoms with Gasteiger partial charge in [0.25, 0.3) is 10.0 Å². The highest BCUT2D eigenvalue weighted by atomic mass is 32.2. The lowest BCUT2D eigenvalue weighted by atomic mass is 9.84. The first-order chi connectivity index (χ1) is 16.9. The summed E-state index contributed by atoms with van der Waals surface area (Å²) in [5.74, 6) is 0.125. The van der Waals surface area contributed by atoms with Gasteiger partial charge in [0.1, 0.15) is 16.6 Å². The molecule has 35 heavy (non-hydrogen) atoms. The fourth-order valence-corrected chi connectivity index (χ4v) is 5.76. The lowest BCUT2D eigenvalue weighted by Gasteiger charge is -2.22. The number of nitrogens with two attached hydrogens (primary N) is 2. The van der Waals surface area contributed by atoms with E-state index in [0.717, 1.165) is 11.3 Å². The Morgan fingerprint density at radius 3 is 2.40 bits per heavy atom. The Labute approximate surface area is 209 Å². The largest absolute Gasteiger partial charge is 0.369 e. The highest BCUT2D eigenvalue weighted by Gasteiger charge is 2.16. The summed E-state index contributed by atoms with van der Waals surface area (Å²) in [6.45, 7) is 0. The number of nitrogens with zero attached hydrogens (tertiary/aromatic N) is 3. The Bertz CT molecular complexity index is 1370. The van der Waals surface area contributed by atoms with Gasteiger partial charge in [-0.25, -0.2) is 4.98 Å². The van der Waals surface area contributed by atoms with Gasteiger partial charge in [-0.05, 0) is 48.6 Å². The molecule has 2 aromatic carbocycles. The number of anilines is 1. The van der Waals surface area contributed by atoms with E-state index in [1.807, 2.05) is 5.38 Å². The third-order valence-corrected chi connectivity index (χ3v) is 8.09. The van der Waals surface area contributed by atoms with Crippen molar-refractivity contribution in [1.82, 2.24) is 4.98 Å². The zero-order valence-electron chi connectivity index (χ0n) is 19.0. The summed E-state index contributed by atoms with van der Waals surface area (Å²) < 4.78 is 27.3. The number of allylic oxidation sites excluding steroid dienone is 1. The van der Waals surface area contributed by atoms with Gasteiger partial charge in [-0.15, -0.1) is 15.7 Å². The minimum Gasteiger partial charge on any atom is -0.369 e. The zero-order chi connectivity index (χ0) is 24.8.